The molecule has 0 aromatic carbocycles. The lowest BCUT2D eigenvalue weighted by molar-refractivity contribution is -0.137. The molecule has 1 aromatic rings. The van der Waals surface area contributed by atoms with Crippen LogP contribution in [0.5, 0.6) is 0 Å². The average Bonchev–Trinajstić information content (AvgIpc) is 2.37. The molecule has 1 rings (SSSR count). The van der Waals surface area contributed by atoms with Crippen molar-refractivity contribution in [3.63, 3.8) is 0 Å². The molecule has 0 aliphatic carbocycles. The molecule has 19 heavy (non-hydrogen) atoms. The molecule has 6 nitrogen and oxygen atoms in total. The third kappa shape index (κ3) is 3.94. The second-order valence-electron chi connectivity index (χ2n) is 4.41. The number of aliphatic carboxylic acids is 1. The van der Waals surface area contributed by atoms with Gasteiger partial charge in [0.1, 0.15) is 6.54 Å². The summed E-state index contributed by atoms with van der Waals surface area (Å²) in [5, 5.41) is 8.86. The summed E-state index contributed by atoms with van der Waals surface area (Å²) in [6, 6.07) is 1.73. The normalized spacial score (nSPS) is 10.1. The lowest BCUT2D eigenvalue weighted by Crippen LogP contribution is -2.37. The predicted octanol–water partition coefficient (Wildman–Crippen LogP) is 1.08. The zero-order valence-electron chi connectivity index (χ0n) is 11.5. The number of carboxylic acids is 1. The summed E-state index contributed by atoms with van der Waals surface area (Å²) in [6.07, 6.45) is 3.78. The van der Waals surface area contributed by atoms with Crippen LogP contribution in [0.3, 0.4) is 0 Å². The lowest BCUT2D eigenvalue weighted by Gasteiger charge is -2.23. The lowest BCUT2D eigenvalue weighted by atomic mass is 10.2. The Hall–Kier alpha value is -2.11. The first kappa shape index (κ1) is 14.9. The van der Waals surface area contributed by atoms with E-state index in [4.69, 9.17) is 5.11 Å². The van der Waals surface area contributed by atoms with E-state index >= 15 is 0 Å². The quantitative estimate of drug-likeness (QED) is 0.833. The van der Waals surface area contributed by atoms with Crippen molar-refractivity contribution in [2.75, 3.05) is 32.1 Å². The zero-order valence-corrected chi connectivity index (χ0v) is 11.5. The molecule has 0 radical (unpaired) electrons. The Kier molecular flexibility index (Phi) is 5.29. The first-order valence-corrected chi connectivity index (χ1v) is 6.09. The molecule has 0 aliphatic rings. The molecule has 1 heterocycles. The van der Waals surface area contributed by atoms with Gasteiger partial charge >= 0.3 is 5.97 Å². The van der Waals surface area contributed by atoms with Crippen LogP contribution in [0, 0.1) is 0 Å². The van der Waals surface area contributed by atoms with Crippen LogP contribution in [0.4, 0.5) is 5.69 Å². The monoisotopic (exact) mass is 265 g/mol. The molecule has 0 fully saturated rings. The van der Waals surface area contributed by atoms with Gasteiger partial charge in [0.25, 0.3) is 5.91 Å². The number of hydrogen-bond donors (Lipinski definition) is 1. The number of rotatable bonds is 6. The minimum Gasteiger partial charge on any atom is -0.480 e. The van der Waals surface area contributed by atoms with Gasteiger partial charge in [-0.2, -0.15) is 0 Å². The van der Waals surface area contributed by atoms with Gasteiger partial charge in [0.2, 0.25) is 0 Å². The molecule has 0 saturated heterocycles. The smallest absolute Gasteiger partial charge is 0.323 e. The number of aromatic nitrogens is 1. The Balaban J connectivity index is 3.05. The fourth-order valence-electron chi connectivity index (χ4n) is 1.80. The van der Waals surface area contributed by atoms with Gasteiger partial charge in [-0.3, -0.25) is 14.6 Å². The largest absolute Gasteiger partial charge is 0.480 e. The van der Waals surface area contributed by atoms with Crippen molar-refractivity contribution >= 4 is 17.6 Å². The van der Waals surface area contributed by atoms with Crippen molar-refractivity contribution in [1.82, 2.24) is 9.88 Å². The highest BCUT2D eigenvalue weighted by Gasteiger charge is 2.21. The summed E-state index contributed by atoms with van der Waals surface area (Å²) >= 11 is 0. The van der Waals surface area contributed by atoms with Gasteiger partial charge in [-0.1, -0.05) is 6.92 Å². The van der Waals surface area contributed by atoms with E-state index in [1.165, 1.54) is 11.1 Å². The molecule has 1 aromatic heterocycles. The standard InChI is InChI=1S/C13H19N3O3/c1-4-7-16(9-12(17)18)13(19)10-8-14-6-5-11(10)15(2)3/h5-6,8H,4,7,9H2,1-3H3,(H,17,18). The molecule has 6 heteroatoms. The molecule has 0 saturated carbocycles. The second-order valence-corrected chi connectivity index (χ2v) is 4.41. The second kappa shape index (κ2) is 6.72. The number of carboxylic acid groups (broad SMARTS) is 1. The first-order valence-electron chi connectivity index (χ1n) is 6.09. The maximum absolute atomic E-state index is 12.4. The zero-order chi connectivity index (χ0) is 14.4. The van der Waals surface area contributed by atoms with Crippen LogP contribution in [-0.2, 0) is 4.79 Å². The Labute approximate surface area is 112 Å². The van der Waals surface area contributed by atoms with Crippen molar-refractivity contribution in [3.05, 3.63) is 24.0 Å². The molecule has 0 aliphatic heterocycles. The Morgan fingerprint density at radius 3 is 2.58 bits per heavy atom. The number of pyridine rings is 1. The topological polar surface area (TPSA) is 73.7 Å². The minimum atomic E-state index is -1.02. The fourth-order valence-corrected chi connectivity index (χ4v) is 1.80. The van der Waals surface area contributed by atoms with Crippen LogP contribution >= 0.6 is 0 Å². The van der Waals surface area contributed by atoms with Gasteiger partial charge < -0.3 is 14.9 Å². The van der Waals surface area contributed by atoms with E-state index in [0.717, 1.165) is 5.69 Å². The number of amides is 1. The van der Waals surface area contributed by atoms with E-state index in [-0.39, 0.29) is 12.5 Å². The van der Waals surface area contributed by atoms with E-state index in [9.17, 15) is 9.59 Å². The van der Waals surface area contributed by atoms with Crippen molar-refractivity contribution in [1.29, 1.82) is 0 Å². The number of carbonyl (C=O) groups is 2. The van der Waals surface area contributed by atoms with E-state index < -0.39 is 5.97 Å². The van der Waals surface area contributed by atoms with Crippen molar-refractivity contribution in [3.8, 4) is 0 Å². The highest BCUT2D eigenvalue weighted by Crippen LogP contribution is 2.18. The van der Waals surface area contributed by atoms with Gasteiger partial charge in [-0.05, 0) is 12.5 Å². The summed E-state index contributed by atoms with van der Waals surface area (Å²) < 4.78 is 0. The van der Waals surface area contributed by atoms with Gasteiger partial charge in [0.15, 0.2) is 0 Å². The molecule has 0 spiro atoms. The van der Waals surface area contributed by atoms with Gasteiger partial charge in [-0.15, -0.1) is 0 Å². The van der Waals surface area contributed by atoms with Crippen LogP contribution in [-0.4, -0.2) is 54.1 Å². The number of carbonyl (C=O) groups excluding carboxylic acids is 1. The van der Waals surface area contributed by atoms with E-state index in [1.54, 1.807) is 17.2 Å². The maximum Gasteiger partial charge on any atom is 0.323 e. The minimum absolute atomic E-state index is 0.297. The van der Waals surface area contributed by atoms with Crippen molar-refractivity contribution in [2.24, 2.45) is 0 Å². The predicted molar refractivity (Wildman–Crippen MR) is 72.4 cm³/mol. The summed E-state index contributed by atoms with van der Waals surface area (Å²) in [6.45, 7) is 2.01. The Morgan fingerprint density at radius 2 is 2.05 bits per heavy atom. The fraction of sp³-hybridized carbons (Fsp3) is 0.462. The highest BCUT2D eigenvalue weighted by molar-refractivity contribution is 6.00. The maximum atomic E-state index is 12.4. The first-order chi connectivity index (χ1) is 8.97. The van der Waals surface area contributed by atoms with Crippen LogP contribution < -0.4 is 4.90 Å². The van der Waals surface area contributed by atoms with E-state index in [1.807, 2.05) is 21.0 Å². The molecule has 0 atom stereocenters. The molecular weight excluding hydrogens is 246 g/mol. The molecular formula is C13H19N3O3. The average molecular weight is 265 g/mol. The van der Waals surface area contributed by atoms with Crippen molar-refractivity contribution in [2.45, 2.75) is 13.3 Å². The van der Waals surface area contributed by atoms with Crippen LogP contribution in [0.2, 0.25) is 0 Å². The number of nitrogens with zero attached hydrogens (tertiary/aromatic N) is 3. The van der Waals surface area contributed by atoms with Gasteiger partial charge in [-0.25, -0.2) is 0 Å². The summed E-state index contributed by atoms with van der Waals surface area (Å²) in [7, 11) is 3.65. The number of hydrogen-bond acceptors (Lipinski definition) is 4. The summed E-state index contributed by atoms with van der Waals surface area (Å²) in [5.41, 5.74) is 1.15. The van der Waals surface area contributed by atoms with Crippen molar-refractivity contribution < 1.29 is 14.7 Å². The van der Waals surface area contributed by atoms with E-state index in [0.29, 0.717) is 18.5 Å². The van der Waals surface area contributed by atoms with Gasteiger partial charge in [0.05, 0.1) is 11.3 Å². The molecule has 0 unspecified atom stereocenters. The molecule has 104 valence electrons. The molecule has 1 N–H and O–H groups in total. The Bertz CT molecular complexity index is 460. The highest BCUT2D eigenvalue weighted by atomic mass is 16.4. The summed E-state index contributed by atoms with van der Waals surface area (Å²) in [5.74, 6) is -1.32. The van der Waals surface area contributed by atoms with E-state index in [2.05, 4.69) is 4.98 Å². The summed E-state index contributed by atoms with van der Waals surface area (Å²) in [4.78, 5) is 30.3. The third-order valence-electron chi connectivity index (χ3n) is 2.62. The Morgan fingerprint density at radius 1 is 1.37 bits per heavy atom. The molecule has 1 amide bonds. The molecule has 0 bridgehead atoms. The van der Waals surface area contributed by atoms with Crippen LogP contribution in [0.15, 0.2) is 18.5 Å². The number of anilines is 1. The van der Waals surface area contributed by atoms with Crippen LogP contribution in [0.1, 0.15) is 23.7 Å². The third-order valence-corrected chi connectivity index (χ3v) is 2.62. The van der Waals surface area contributed by atoms with Gasteiger partial charge in [0, 0.05) is 33.0 Å². The van der Waals surface area contributed by atoms with Crippen LogP contribution in [0.25, 0.3) is 0 Å². The SMILES string of the molecule is CCCN(CC(=O)O)C(=O)c1cnccc1N(C)C.